The van der Waals surface area contributed by atoms with Gasteiger partial charge in [-0.3, -0.25) is 4.79 Å². The van der Waals surface area contributed by atoms with Gasteiger partial charge in [-0.2, -0.15) is 0 Å². The summed E-state index contributed by atoms with van der Waals surface area (Å²) in [5, 5.41) is 2.78. The standard InChI is InChI=1S/C17H20N2O3/c1-3-13-4-7-15(8-5-13)22-12-16(20)18-10-14-6-9-17(21-2)19-11-14/h4-9,11H,3,10,12H2,1-2H3,(H,18,20). The normalized spacial score (nSPS) is 10.1. The van der Waals surface area contributed by atoms with Crippen molar-refractivity contribution in [1.82, 2.24) is 10.3 Å². The van der Waals surface area contributed by atoms with E-state index in [1.54, 1.807) is 19.4 Å². The molecule has 0 aliphatic carbocycles. The molecule has 1 aromatic carbocycles. The Morgan fingerprint density at radius 2 is 1.86 bits per heavy atom. The second-order valence-electron chi connectivity index (χ2n) is 4.77. The Kier molecular flexibility index (Phi) is 5.77. The van der Waals surface area contributed by atoms with Gasteiger partial charge >= 0.3 is 0 Å². The number of carbonyl (C=O) groups is 1. The molecular weight excluding hydrogens is 280 g/mol. The van der Waals surface area contributed by atoms with Gasteiger partial charge in [0.15, 0.2) is 6.61 Å². The number of amides is 1. The highest BCUT2D eigenvalue weighted by molar-refractivity contribution is 5.77. The number of rotatable bonds is 7. The summed E-state index contributed by atoms with van der Waals surface area (Å²) in [4.78, 5) is 15.8. The lowest BCUT2D eigenvalue weighted by Gasteiger charge is -2.08. The average molecular weight is 300 g/mol. The van der Waals surface area contributed by atoms with E-state index >= 15 is 0 Å². The summed E-state index contributed by atoms with van der Waals surface area (Å²) in [7, 11) is 1.56. The minimum atomic E-state index is -0.171. The first kappa shape index (κ1) is 15.8. The fourth-order valence-corrected chi connectivity index (χ4v) is 1.86. The Labute approximate surface area is 130 Å². The average Bonchev–Trinajstić information content (AvgIpc) is 2.59. The van der Waals surface area contributed by atoms with Gasteiger partial charge in [-0.05, 0) is 29.7 Å². The van der Waals surface area contributed by atoms with Crippen molar-refractivity contribution in [2.45, 2.75) is 19.9 Å². The van der Waals surface area contributed by atoms with E-state index in [9.17, 15) is 4.79 Å². The van der Waals surface area contributed by atoms with Crippen molar-refractivity contribution in [2.24, 2.45) is 0 Å². The number of nitrogens with one attached hydrogen (secondary N) is 1. The maximum Gasteiger partial charge on any atom is 0.258 e. The zero-order chi connectivity index (χ0) is 15.8. The Hall–Kier alpha value is -2.56. The fourth-order valence-electron chi connectivity index (χ4n) is 1.86. The van der Waals surface area contributed by atoms with Crippen LogP contribution in [0.15, 0.2) is 42.6 Å². The number of methoxy groups -OCH3 is 1. The molecule has 0 aliphatic rings. The van der Waals surface area contributed by atoms with Crippen molar-refractivity contribution in [1.29, 1.82) is 0 Å². The predicted molar refractivity (Wildman–Crippen MR) is 84.0 cm³/mol. The highest BCUT2D eigenvalue weighted by Crippen LogP contribution is 2.12. The second-order valence-corrected chi connectivity index (χ2v) is 4.77. The number of aryl methyl sites for hydroxylation is 1. The Morgan fingerprint density at radius 1 is 1.14 bits per heavy atom. The van der Waals surface area contributed by atoms with E-state index in [1.165, 1.54) is 5.56 Å². The van der Waals surface area contributed by atoms with E-state index in [-0.39, 0.29) is 12.5 Å². The molecule has 1 N–H and O–H groups in total. The summed E-state index contributed by atoms with van der Waals surface area (Å²) in [6.45, 7) is 2.50. The van der Waals surface area contributed by atoms with Gasteiger partial charge in [0, 0.05) is 18.8 Å². The van der Waals surface area contributed by atoms with Crippen molar-refractivity contribution in [2.75, 3.05) is 13.7 Å². The van der Waals surface area contributed by atoms with Crippen molar-refractivity contribution in [3.05, 3.63) is 53.7 Å². The van der Waals surface area contributed by atoms with Crippen molar-refractivity contribution in [3.63, 3.8) is 0 Å². The summed E-state index contributed by atoms with van der Waals surface area (Å²) in [6.07, 6.45) is 2.65. The van der Waals surface area contributed by atoms with Crippen LogP contribution in [0.3, 0.4) is 0 Å². The molecule has 0 radical (unpaired) electrons. The maximum atomic E-state index is 11.8. The minimum absolute atomic E-state index is 0.00491. The summed E-state index contributed by atoms with van der Waals surface area (Å²) in [5.41, 5.74) is 2.14. The Morgan fingerprint density at radius 3 is 2.45 bits per heavy atom. The SMILES string of the molecule is CCc1ccc(OCC(=O)NCc2ccc(OC)nc2)cc1. The molecule has 2 aromatic rings. The molecule has 0 aliphatic heterocycles. The molecular formula is C17H20N2O3. The quantitative estimate of drug-likeness (QED) is 0.852. The van der Waals surface area contributed by atoms with Gasteiger partial charge in [-0.15, -0.1) is 0 Å². The molecule has 1 amide bonds. The highest BCUT2D eigenvalue weighted by Gasteiger charge is 2.03. The number of carbonyl (C=O) groups excluding carboxylic acids is 1. The lowest BCUT2D eigenvalue weighted by atomic mass is 10.2. The number of benzene rings is 1. The van der Waals surface area contributed by atoms with Crippen LogP contribution in [0.1, 0.15) is 18.1 Å². The number of ether oxygens (including phenoxy) is 2. The van der Waals surface area contributed by atoms with E-state index in [0.29, 0.717) is 18.2 Å². The Bertz CT molecular complexity index is 541. The monoisotopic (exact) mass is 300 g/mol. The van der Waals surface area contributed by atoms with Gasteiger partial charge in [0.05, 0.1) is 7.11 Å². The second kappa shape index (κ2) is 8.02. The molecule has 0 spiro atoms. The van der Waals surface area contributed by atoms with E-state index in [1.807, 2.05) is 30.3 Å². The Balaban J connectivity index is 1.74. The van der Waals surface area contributed by atoms with Crippen LogP contribution in [0.2, 0.25) is 0 Å². The summed E-state index contributed by atoms with van der Waals surface area (Å²) < 4.78 is 10.4. The van der Waals surface area contributed by atoms with Crippen LogP contribution >= 0.6 is 0 Å². The van der Waals surface area contributed by atoms with Crippen molar-refractivity contribution >= 4 is 5.91 Å². The number of pyridine rings is 1. The topological polar surface area (TPSA) is 60.5 Å². The lowest BCUT2D eigenvalue weighted by Crippen LogP contribution is -2.28. The molecule has 0 atom stereocenters. The third kappa shape index (κ3) is 4.77. The number of hydrogen-bond acceptors (Lipinski definition) is 4. The van der Waals surface area contributed by atoms with Crippen molar-refractivity contribution in [3.8, 4) is 11.6 Å². The molecule has 0 fully saturated rings. The van der Waals surface area contributed by atoms with Crippen LogP contribution < -0.4 is 14.8 Å². The number of nitrogens with zero attached hydrogens (tertiary/aromatic N) is 1. The zero-order valence-corrected chi connectivity index (χ0v) is 12.8. The van der Waals surface area contributed by atoms with E-state index in [4.69, 9.17) is 9.47 Å². The molecule has 1 aromatic heterocycles. The van der Waals surface area contributed by atoms with Gasteiger partial charge in [0.2, 0.25) is 5.88 Å². The van der Waals surface area contributed by atoms with Crippen LogP contribution in [0.4, 0.5) is 0 Å². The first-order chi connectivity index (χ1) is 10.7. The van der Waals surface area contributed by atoms with Crippen LogP contribution in [-0.2, 0) is 17.8 Å². The molecule has 22 heavy (non-hydrogen) atoms. The molecule has 0 saturated carbocycles. The first-order valence-electron chi connectivity index (χ1n) is 7.18. The number of hydrogen-bond donors (Lipinski definition) is 1. The van der Waals surface area contributed by atoms with Crippen LogP contribution in [0, 0.1) is 0 Å². The molecule has 116 valence electrons. The third-order valence-electron chi connectivity index (χ3n) is 3.20. The highest BCUT2D eigenvalue weighted by atomic mass is 16.5. The summed E-state index contributed by atoms with van der Waals surface area (Å²) >= 11 is 0. The summed E-state index contributed by atoms with van der Waals surface area (Å²) in [5.74, 6) is 1.07. The van der Waals surface area contributed by atoms with Crippen LogP contribution in [0.25, 0.3) is 0 Å². The molecule has 0 saturated heterocycles. The molecule has 2 rings (SSSR count). The van der Waals surface area contributed by atoms with Gasteiger partial charge in [-0.25, -0.2) is 4.98 Å². The lowest BCUT2D eigenvalue weighted by molar-refractivity contribution is -0.123. The van der Waals surface area contributed by atoms with Crippen LogP contribution in [-0.4, -0.2) is 24.6 Å². The predicted octanol–water partition coefficient (Wildman–Crippen LogP) is 2.35. The maximum absolute atomic E-state index is 11.8. The van der Waals surface area contributed by atoms with Gasteiger partial charge in [-0.1, -0.05) is 25.1 Å². The number of aromatic nitrogens is 1. The van der Waals surface area contributed by atoms with Gasteiger partial charge in [0.25, 0.3) is 5.91 Å². The molecule has 0 unspecified atom stereocenters. The molecule has 5 heteroatoms. The van der Waals surface area contributed by atoms with Crippen LogP contribution in [0.5, 0.6) is 11.6 Å². The largest absolute Gasteiger partial charge is 0.484 e. The smallest absolute Gasteiger partial charge is 0.258 e. The zero-order valence-electron chi connectivity index (χ0n) is 12.8. The first-order valence-corrected chi connectivity index (χ1v) is 7.18. The van der Waals surface area contributed by atoms with E-state index < -0.39 is 0 Å². The van der Waals surface area contributed by atoms with E-state index in [0.717, 1.165) is 12.0 Å². The molecule has 5 nitrogen and oxygen atoms in total. The van der Waals surface area contributed by atoms with E-state index in [2.05, 4.69) is 17.2 Å². The fraction of sp³-hybridized carbons (Fsp3) is 0.294. The van der Waals surface area contributed by atoms with Gasteiger partial charge < -0.3 is 14.8 Å². The summed E-state index contributed by atoms with van der Waals surface area (Å²) in [6, 6.07) is 11.4. The van der Waals surface area contributed by atoms with Gasteiger partial charge in [0.1, 0.15) is 5.75 Å². The third-order valence-corrected chi connectivity index (χ3v) is 3.20. The van der Waals surface area contributed by atoms with Crippen molar-refractivity contribution < 1.29 is 14.3 Å². The molecule has 0 bridgehead atoms. The minimum Gasteiger partial charge on any atom is -0.484 e. The molecule has 1 heterocycles.